The molecule has 1 amide bonds. The van der Waals surface area contributed by atoms with Gasteiger partial charge in [0.05, 0.1) is 7.11 Å². The van der Waals surface area contributed by atoms with E-state index >= 15 is 0 Å². The van der Waals surface area contributed by atoms with Crippen molar-refractivity contribution in [2.75, 3.05) is 7.11 Å². The maximum atomic E-state index is 13.6. The number of carbonyl (C=O) groups excluding carboxylic acids is 1. The van der Waals surface area contributed by atoms with E-state index in [9.17, 15) is 27.9 Å². The SMILES string of the molecule is COc1cccc(C[C@@H](NC(=O)c2c(F)cc(F)cc2F)C(=O)O)c1. The lowest BCUT2D eigenvalue weighted by Crippen LogP contribution is -2.43. The summed E-state index contributed by atoms with van der Waals surface area (Å²) >= 11 is 0. The fraction of sp³-hybridized carbons (Fsp3) is 0.176. The lowest BCUT2D eigenvalue weighted by Gasteiger charge is -2.15. The number of halogens is 3. The molecule has 0 aliphatic carbocycles. The van der Waals surface area contributed by atoms with Crippen LogP contribution in [0.5, 0.6) is 5.75 Å². The molecule has 0 unspecified atom stereocenters. The number of carbonyl (C=O) groups is 2. The molecular weight excluding hydrogens is 339 g/mol. The Morgan fingerprint density at radius 3 is 2.36 bits per heavy atom. The van der Waals surface area contributed by atoms with Crippen LogP contribution in [0.3, 0.4) is 0 Å². The maximum Gasteiger partial charge on any atom is 0.326 e. The molecule has 0 spiro atoms. The Morgan fingerprint density at radius 2 is 1.80 bits per heavy atom. The number of rotatable bonds is 6. The predicted octanol–water partition coefficient (Wildman–Crippen LogP) is 2.54. The fourth-order valence-corrected chi connectivity index (χ4v) is 2.22. The molecule has 5 nitrogen and oxygen atoms in total. The Balaban J connectivity index is 2.22. The third-order valence-electron chi connectivity index (χ3n) is 3.41. The minimum Gasteiger partial charge on any atom is -0.497 e. The van der Waals surface area contributed by atoms with Crippen molar-refractivity contribution >= 4 is 11.9 Å². The van der Waals surface area contributed by atoms with Crippen LogP contribution in [-0.2, 0) is 11.2 Å². The molecule has 1 atom stereocenters. The van der Waals surface area contributed by atoms with Crippen LogP contribution in [0.4, 0.5) is 13.2 Å². The first-order valence-corrected chi connectivity index (χ1v) is 7.13. The van der Waals surface area contributed by atoms with E-state index in [4.69, 9.17) is 4.74 Å². The normalized spacial score (nSPS) is 11.7. The van der Waals surface area contributed by atoms with E-state index < -0.39 is 40.9 Å². The van der Waals surface area contributed by atoms with Gasteiger partial charge in [-0.25, -0.2) is 18.0 Å². The van der Waals surface area contributed by atoms with Gasteiger partial charge in [0.25, 0.3) is 5.91 Å². The molecule has 2 aromatic carbocycles. The minimum absolute atomic E-state index is 0.136. The topological polar surface area (TPSA) is 75.6 Å². The first kappa shape index (κ1) is 18.3. The molecule has 2 rings (SSSR count). The van der Waals surface area contributed by atoms with Gasteiger partial charge in [0, 0.05) is 18.6 Å². The van der Waals surface area contributed by atoms with Crippen molar-refractivity contribution < 1.29 is 32.6 Å². The summed E-state index contributed by atoms with van der Waals surface area (Å²) in [4.78, 5) is 23.4. The molecule has 25 heavy (non-hydrogen) atoms. The van der Waals surface area contributed by atoms with E-state index in [1.165, 1.54) is 7.11 Å². The predicted molar refractivity (Wildman–Crippen MR) is 81.9 cm³/mol. The van der Waals surface area contributed by atoms with E-state index in [1.807, 2.05) is 5.32 Å². The molecule has 0 fully saturated rings. The Morgan fingerprint density at radius 1 is 1.16 bits per heavy atom. The molecule has 0 radical (unpaired) electrons. The lowest BCUT2D eigenvalue weighted by atomic mass is 10.0. The summed E-state index contributed by atoms with van der Waals surface area (Å²) in [6.07, 6.45) is -0.136. The van der Waals surface area contributed by atoms with Crippen LogP contribution in [0.15, 0.2) is 36.4 Å². The summed E-state index contributed by atoms with van der Waals surface area (Å²) in [5.74, 6) is -6.20. The first-order valence-electron chi connectivity index (χ1n) is 7.13. The monoisotopic (exact) mass is 353 g/mol. The van der Waals surface area contributed by atoms with Crippen molar-refractivity contribution in [3.05, 3.63) is 65.0 Å². The number of aliphatic carboxylic acids is 1. The number of methoxy groups -OCH3 is 1. The van der Waals surface area contributed by atoms with E-state index in [0.717, 1.165) is 0 Å². The van der Waals surface area contributed by atoms with Gasteiger partial charge in [-0.15, -0.1) is 0 Å². The smallest absolute Gasteiger partial charge is 0.326 e. The maximum absolute atomic E-state index is 13.6. The number of ether oxygens (including phenoxy) is 1. The van der Waals surface area contributed by atoms with Crippen molar-refractivity contribution in [1.82, 2.24) is 5.32 Å². The van der Waals surface area contributed by atoms with Gasteiger partial charge in [-0.1, -0.05) is 12.1 Å². The molecule has 2 aromatic rings. The third-order valence-corrected chi connectivity index (χ3v) is 3.41. The number of amides is 1. The second-order valence-corrected chi connectivity index (χ2v) is 5.16. The van der Waals surface area contributed by atoms with Gasteiger partial charge in [-0.2, -0.15) is 0 Å². The zero-order valence-electron chi connectivity index (χ0n) is 13.1. The van der Waals surface area contributed by atoms with Gasteiger partial charge in [0.1, 0.15) is 34.8 Å². The Bertz CT molecular complexity index is 787. The van der Waals surface area contributed by atoms with E-state index in [-0.39, 0.29) is 6.42 Å². The Kier molecular flexibility index (Phi) is 5.63. The quantitative estimate of drug-likeness (QED) is 0.837. The number of benzene rings is 2. The number of hydrogen-bond donors (Lipinski definition) is 2. The van der Waals surface area contributed by atoms with Crippen molar-refractivity contribution in [1.29, 1.82) is 0 Å². The highest BCUT2D eigenvalue weighted by atomic mass is 19.1. The molecule has 0 heterocycles. The van der Waals surface area contributed by atoms with Crippen LogP contribution < -0.4 is 10.1 Å². The summed E-state index contributed by atoms with van der Waals surface area (Å²) in [7, 11) is 1.44. The van der Waals surface area contributed by atoms with Gasteiger partial charge in [0.2, 0.25) is 0 Å². The van der Waals surface area contributed by atoms with E-state index in [1.54, 1.807) is 24.3 Å². The molecule has 0 bridgehead atoms. The molecule has 2 N–H and O–H groups in total. The summed E-state index contributed by atoms with van der Waals surface area (Å²) < 4.78 is 45.2. The Labute approximate surface area is 141 Å². The van der Waals surface area contributed by atoms with Gasteiger partial charge in [0.15, 0.2) is 0 Å². The average molecular weight is 353 g/mol. The second kappa shape index (κ2) is 7.69. The number of hydrogen-bond acceptors (Lipinski definition) is 3. The summed E-state index contributed by atoms with van der Waals surface area (Å²) in [6.45, 7) is 0. The van der Waals surface area contributed by atoms with Crippen molar-refractivity contribution in [3.8, 4) is 5.75 Å². The van der Waals surface area contributed by atoms with Gasteiger partial charge in [-0.3, -0.25) is 4.79 Å². The summed E-state index contributed by atoms with van der Waals surface area (Å²) in [6, 6.07) is 5.72. The summed E-state index contributed by atoms with van der Waals surface area (Å²) in [5.41, 5.74) is -0.509. The fourth-order valence-electron chi connectivity index (χ4n) is 2.22. The van der Waals surface area contributed by atoms with Crippen molar-refractivity contribution in [2.45, 2.75) is 12.5 Å². The van der Waals surface area contributed by atoms with Gasteiger partial charge >= 0.3 is 5.97 Å². The lowest BCUT2D eigenvalue weighted by molar-refractivity contribution is -0.139. The van der Waals surface area contributed by atoms with E-state index in [0.29, 0.717) is 23.4 Å². The molecule has 0 aromatic heterocycles. The highest BCUT2D eigenvalue weighted by Crippen LogP contribution is 2.17. The van der Waals surface area contributed by atoms with Crippen LogP contribution in [0, 0.1) is 17.5 Å². The zero-order valence-corrected chi connectivity index (χ0v) is 13.1. The highest BCUT2D eigenvalue weighted by molar-refractivity contribution is 5.97. The van der Waals surface area contributed by atoms with Crippen LogP contribution >= 0.6 is 0 Å². The standard InChI is InChI=1S/C17H14F3NO4/c1-25-11-4-2-3-9(5-11)6-14(17(23)24)21-16(22)15-12(19)7-10(18)8-13(15)20/h2-5,7-8,14H,6H2,1H3,(H,21,22)(H,23,24)/t14-/m1/s1. The largest absolute Gasteiger partial charge is 0.497 e. The molecular formula is C17H14F3NO4. The Hall–Kier alpha value is -3.03. The molecule has 8 heteroatoms. The van der Waals surface area contributed by atoms with Crippen molar-refractivity contribution in [2.24, 2.45) is 0 Å². The number of nitrogens with one attached hydrogen (secondary N) is 1. The highest BCUT2D eigenvalue weighted by Gasteiger charge is 2.25. The third kappa shape index (κ3) is 4.50. The molecule has 0 saturated heterocycles. The van der Waals surface area contributed by atoms with Gasteiger partial charge < -0.3 is 15.2 Å². The second-order valence-electron chi connectivity index (χ2n) is 5.16. The van der Waals surface area contributed by atoms with Crippen molar-refractivity contribution in [3.63, 3.8) is 0 Å². The van der Waals surface area contributed by atoms with Gasteiger partial charge in [-0.05, 0) is 17.7 Å². The summed E-state index contributed by atoms with van der Waals surface area (Å²) in [5, 5.41) is 11.3. The number of carboxylic acid groups (broad SMARTS) is 1. The van der Waals surface area contributed by atoms with E-state index in [2.05, 4.69) is 0 Å². The van der Waals surface area contributed by atoms with Crippen LogP contribution in [0.2, 0.25) is 0 Å². The number of carboxylic acids is 1. The van der Waals surface area contributed by atoms with Crippen LogP contribution in [0.1, 0.15) is 15.9 Å². The molecule has 0 saturated carbocycles. The first-order chi connectivity index (χ1) is 11.8. The molecule has 132 valence electrons. The van der Waals surface area contributed by atoms with Crippen LogP contribution in [0.25, 0.3) is 0 Å². The van der Waals surface area contributed by atoms with Crippen LogP contribution in [-0.4, -0.2) is 30.1 Å². The minimum atomic E-state index is -1.44. The zero-order chi connectivity index (χ0) is 18.6. The molecule has 0 aliphatic heterocycles. The molecule has 0 aliphatic rings. The average Bonchev–Trinajstić information content (AvgIpc) is 2.53.